The van der Waals surface area contributed by atoms with E-state index in [-0.39, 0.29) is 12.2 Å². The molecule has 0 unspecified atom stereocenters. The van der Waals surface area contributed by atoms with E-state index in [4.69, 9.17) is 10.2 Å². The number of rotatable bonds is 6. The van der Waals surface area contributed by atoms with Gasteiger partial charge in [0.25, 0.3) is 0 Å². The van der Waals surface area contributed by atoms with Crippen LogP contribution >= 0.6 is 0 Å². The average Bonchev–Trinajstić information content (AvgIpc) is 2.22. The van der Waals surface area contributed by atoms with Gasteiger partial charge in [-0.2, -0.15) is 0 Å². The number of hydrogen-bond acceptors (Lipinski definition) is 8. The Morgan fingerprint density at radius 3 is 1.32 bits per heavy atom. The van der Waals surface area contributed by atoms with Gasteiger partial charge >= 0.3 is 34.3 Å². The number of hydrogen-bond donors (Lipinski definition) is 2. The van der Waals surface area contributed by atoms with Gasteiger partial charge in [0.1, 0.15) is 0 Å². The van der Waals surface area contributed by atoms with Gasteiger partial charge in [0, 0.05) is 24.3 Å². The summed E-state index contributed by atoms with van der Waals surface area (Å²) in [4.78, 5) is 41.5. The molecule has 0 aromatic heterocycles. The van der Waals surface area contributed by atoms with Crippen molar-refractivity contribution in [2.45, 2.75) is 0 Å². The Kier molecular flexibility index (Phi) is 5.93. The van der Waals surface area contributed by atoms with Crippen LogP contribution in [0.5, 0.6) is 0 Å². The lowest BCUT2D eigenvalue weighted by atomic mass is 10.5. The summed E-state index contributed by atoms with van der Waals surface area (Å²) in [6.07, 6.45) is 1.12. The highest BCUT2D eigenvalue weighted by Crippen LogP contribution is 1.99. The Morgan fingerprint density at radius 1 is 0.737 bits per heavy atom. The molecule has 11 heteroatoms. The van der Waals surface area contributed by atoms with Crippen LogP contribution in [-0.4, -0.2) is 42.5 Å². The molecule has 2 N–H and O–H groups in total. The van der Waals surface area contributed by atoms with E-state index in [0.717, 1.165) is 0 Å². The van der Waals surface area contributed by atoms with Gasteiger partial charge in [0.2, 0.25) is 0 Å². The van der Waals surface area contributed by atoms with Crippen LogP contribution in [0.25, 0.3) is 0 Å². The summed E-state index contributed by atoms with van der Waals surface area (Å²) >= 11 is 0. The van der Waals surface area contributed by atoms with E-state index in [1.165, 1.54) is 0 Å². The smallest absolute Gasteiger partial charge is 0.478 e. The topological polar surface area (TPSA) is 161 Å². The van der Waals surface area contributed by atoms with E-state index in [0.29, 0.717) is 12.2 Å². The number of carboxylic acid groups (broad SMARTS) is 2. The number of carbonyl (C=O) groups excluding carboxylic acids is 2. The molecule has 0 aromatic carbocycles. The molecule has 0 saturated carbocycles. The van der Waals surface area contributed by atoms with E-state index >= 15 is 0 Å². The van der Waals surface area contributed by atoms with Crippen molar-refractivity contribution in [2.75, 3.05) is 0 Å². The first kappa shape index (κ1) is 16.3. The van der Waals surface area contributed by atoms with Crippen LogP contribution in [0.2, 0.25) is 0 Å². The zero-order valence-electron chi connectivity index (χ0n) is 8.88. The molecule has 104 valence electrons. The van der Waals surface area contributed by atoms with Gasteiger partial charge in [-0.15, -0.1) is 8.42 Å². The van der Waals surface area contributed by atoms with E-state index in [2.05, 4.69) is 8.37 Å². The molecule has 10 nitrogen and oxygen atoms in total. The second kappa shape index (κ2) is 6.90. The van der Waals surface area contributed by atoms with Gasteiger partial charge in [-0.25, -0.2) is 19.2 Å². The lowest BCUT2D eigenvalue weighted by Crippen LogP contribution is -2.17. The predicted molar refractivity (Wildman–Crippen MR) is 54.7 cm³/mol. The Balaban J connectivity index is 4.57. The predicted octanol–water partition coefficient (Wildman–Crippen LogP) is -1.40. The average molecular weight is 294 g/mol. The van der Waals surface area contributed by atoms with Crippen molar-refractivity contribution < 1.29 is 46.2 Å². The fourth-order valence-corrected chi connectivity index (χ4v) is 1.10. The van der Waals surface area contributed by atoms with E-state index < -0.39 is 34.3 Å². The van der Waals surface area contributed by atoms with Crippen LogP contribution in [0.3, 0.4) is 0 Å². The first-order valence-corrected chi connectivity index (χ1v) is 5.49. The van der Waals surface area contributed by atoms with Crippen LogP contribution in [0.1, 0.15) is 0 Å². The third-order valence-corrected chi connectivity index (χ3v) is 1.83. The molecule has 0 atom stereocenters. The monoisotopic (exact) mass is 294 g/mol. The van der Waals surface area contributed by atoms with Gasteiger partial charge in [0.15, 0.2) is 0 Å². The Bertz CT molecular complexity index is 508. The van der Waals surface area contributed by atoms with Crippen molar-refractivity contribution in [2.24, 2.45) is 0 Å². The molecule has 0 spiro atoms. The summed E-state index contributed by atoms with van der Waals surface area (Å²) < 4.78 is 29.0. The van der Waals surface area contributed by atoms with Gasteiger partial charge in [-0.1, -0.05) is 0 Å². The van der Waals surface area contributed by atoms with Gasteiger partial charge in [0.05, 0.1) is 0 Å². The Morgan fingerprint density at radius 2 is 1.05 bits per heavy atom. The van der Waals surface area contributed by atoms with E-state index in [1.807, 2.05) is 0 Å². The van der Waals surface area contributed by atoms with Crippen molar-refractivity contribution in [1.29, 1.82) is 0 Å². The van der Waals surface area contributed by atoms with Crippen LogP contribution in [0.4, 0.5) is 0 Å². The molecule has 0 radical (unpaired) electrons. The van der Waals surface area contributed by atoms with Crippen LogP contribution in [0, 0.1) is 0 Å². The molecule has 0 amide bonds. The summed E-state index contributed by atoms with van der Waals surface area (Å²) in [6.45, 7) is 0. The second-order valence-corrected chi connectivity index (χ2v) is 3.71. The fourth-order valence-electron chi connectivity index (χ4n) is 0.552. The highest BCUT2D eigenvalue weighted by molar-refractivity contribution is 7.82. The van der Waals surface area contributed by atoms with Gasteiger partial charge < -0.3 is 18.6 Å². The van der Waals surface area contributed by atoms with Gasteiger partial charge in [-0.05, 0) is 0 Å². The van der Waals surface area contributed by atoms with Crippen molar-refractivity contribution in [3.8, 4) is 0 Å². The van der Waals surface area contributed by atoms with Crippen LogP contribution < -0.4 is 0 Å². The van der Waals surface area contributed by atoms with Crippen molar-refractivity contribution in [3.05, 3.63) is 24.3 Å². The zero-order valence-corrected chi connectivity index (χ0v) is 9.69. The molecule has 0 aliphatic rings. The molecule has 0 aliphatic carbocycles. The third-order valence-electron chi connectivity index (χ3n) is 1.09. The summed E-state index contributed by atoms with van der Waals surface area (Å²) in [5, 5.41) is 16.3. The number of aliphatic carboxylic acids is 2. The molecule has 0 bridgehead atoms. The van der Waals surface area contributed by atoms with Crippen molar-refractivity contribution >= 4 is 34.3 Å². The summed E-state index contributed by atoms with van der Waals surface area (Å²) in [5.74, 6) is -6.29. The molecular weight excluding hydrogens is 288 g/mol. The molecule has 0 rings (SSSR count). The SMILES string of the molecule is O=C(O)C=CC(=O)OS(=O)(=O)OC(=O)C=CC(=O)O. The molecule has 0 saturated heterocycles. The number of carbonyl (C=O) groups is 4. The van der Waals surface area contributed by atoms with Crippen molar-refractivity contribution in [1.82, 2.24) is 0 Å². The first-order chi connectivity index (χ1) is 8.62. The standard InChI is InChI=1S/C8H6O10S/c9-5(10)1-3-7(13)17-19(15,16)18-8(14)4-2-6(11)12/h1-4H,(H,9,10)(H,11,12). The number of carboxylic acids is 2. The Hall–Kier alpha value is -2.69. The minimum absolute atomic E-state index is 0.265. The summed E-state index contributed by atoms with van der Waals surface area (Å²) in [7, 11) is -5.06. The molecule has 0 aromatic rings. The maximum atomic E-state index is 10.9. The molecule has 19 heavy (non-hydrogen) atoms. The van der Waals surface area contributed by atoms with Gasteiger partial charge in [-0.3, -0.25) is 0 Å². The highest BCUT2D eigenvalue weighted by atomic mass is 32.3. The van der Waals surface area contributed by atoms with Crippen LogP contribution in [-0.2, 0) is 37.9 Å². The van der Waals surface area contributed by atoms with E-state index in [1.54, 1.807) is 0 Å². The molecule has 0 heterocycles. The fraction of sp³-hybridized carbons (Fsp3) is 0. The van der Waals surface area contributed by atoms with Crippen LogP contribution in [0.15, 0.2) is 24.3 Å². The minimum Gasteiger partial charge on any atom is -0.478 e. The third kappa shape index (κ3) is 9.05. The summed E-state index contributed by atoms with van der Waals surface area (Å²) in [5.41, 5.74) is 0. The minimum atomic E-state index is -5.06. The largest absolute Gasteiger partial charge is 0.506 e. The summed E-state index contributed by atoms with van der Waals surface area (Å²) in [6, 6.07) is 0. The highest BCUT2D eigenvalue weighted by Gasteiger charge is 2.20. The molecule has 0 fully saturated rings. The normalized spacial score (nSPS) is 11.4. The quantitative estimate of drug-likeness (QED) is 0.557. The maximum absolute atomic E-state index is 10.9. The zero-order chi connectivity index (χ0) is 15.1. The Labute approximate surface area is 105 Å². The first-order valence-electron chi connectivity index (χ1n) is 4.16. The van der Waals surface area contributed by atoms with E-state index in [9.17, 15) is 27.6 Å². The molecular formula is C8H6O10S. The lowest BCUT2D eigenvalue weighted by Gasteiger charge is -2.00. The second-order valence-electron chi connectivity index (χ2n) is 2.56. The van der Waals surface area contributed by atoms with Crippen molar-refractivity contribution in [3.63, 3.8) is 0 Å². The lowest BCUT2D eigenvalue weighted by molar-refractivity contribution is -0.135. The maximum Gasteiger partial charge on any atom is 0.506 e. The molecule has 0 aliphatic heterocycles.